The van der Waals surface area contributed by atoms with E-state index in [4.69, 9.17) is 23.2 Å². The lowest BCUT2D eigenvalue weighted by molar-refractivity contribution is 0.0784. The molecule has 0 aliphatic rings. The molecule has 0 spiro atoms. The monoisotopic (exact) mass is 385 g/mol. The zero-order chi connectivity index (χ0) is 15.6. The maximum atomic E-state index is 12.5. The van der Waals surface area contributed by atoms with E-state index in [-0.39, 0.29) is 5.91 Å². The van der Waals surface area contributed by atoms with E-state index in [9.17, 15) is 4.79 Å². The Morgan fingerprint density at radius 3 is 2.52 bits per heavy atom. The molecule has 1 amide bonds. The maximum Gasteiger partial charge on any atom is 0.255 e. The van der Waals surface area contributed by atoms with Crippen LogP contribution >= 0.6 is 39.1 Å². The van der Waals surface area contributed by atoms with Crippen LogP contribution < -0.4 is 0 Å². The van der Waals surface area contributed by atoms with Crippen molar-refractivity contribution < 1.29 is 4.79 Å². The van der Waals surface area contributed by atoms with Crippen LogP contribution in [0.4, 0.5) is 0 Å². The average molecular weight is 387 g/mol. The minimum absolute atomic E-state index is 0.0448. The Hall–Kier alpha value is -1.03. The van der Waals surface area contributed by atoms with Crippen LogP contribution in [-0.2, 0) is 6.54 Å². The summed E-state index contributed by atoms with van der Waals surface area (Å²) < 4.78 is 0.791. The normalized spacial score (nSPS) is 10.5. The van der Waals surface area contributed by atoms with Gasteiger partial charge in [-0.25, -0.2) is 0 Å². The molecule has 21 heavy (non-hydrogen) atoms. The first-order chi connectivity index (χ1) is 9.88. The number of nitrogens with zero attached hydrogens (tertiary/aromatic N) is 1. The van der Waals surface area contributed by atoms with Gasteiger partial charge >= 0.3 is 0 Å². The maximum absolute atomic E-state index is 12.5. The van der Waals surface area contributed by atoms with E-state index in [1.807, 2.05) is 31.2 Å². The van der Waals surface area contributed by atoms with E-state index in [2.05, 4.69) is 15.9 Å². The molecular formula is C16H14BrCl2NO. The number of carbonyl (C=O) groups excluding carboxylic acids is 1. The Morgan fingerprint density at radius 2 is 1.86 bits per heavy atom. The molecule has 2 aromatic rings. The van der Waals surface area contributed by atoms with Crippen LogP contribution in [0.5, 0.6) is 0 Å². The second kappa shape index (κ2) is 6.82. The average Bonchev–Trinajstić information content (AvgIpc) is 2.44. The lowest BCUT2D eigenvalue weighted by Crippen LogP contribution is -2.26. The number of carbonyl (C=O) groups is 1. The lowest BCUT2D eigenvalue weighted by atomic mass is 10.1. The van der Waals surface area contributed by atoms with Gasteiger partial charge in [0.2, 0.25) is 0 Å². The molecule has 0 radical (unpaired) electrons. The van der Waals surface area contributed by atoms with Gasteiger partial charge in [-0.05, 0) is 52.7 Å². The first kappa shape index (κ1) is 16.3. The standard InChI is InChI=1S/C16H14BrCl2NO/c1-10-3-5-13(17)12(7-10)16(21)20(2)9-11-4-6-14(18)15(19)8-11/h3-8H,9H2,1-2H3. The van der Waals surface area contributed by atoms with Crippen molar-refractivity contribution >= 4 is 45.0 Å². The molecule has 5 heteroatoms. The molecule has 0 aromatic heterocycles. The first-order valence-corrected chi connectivity index (χ1v) is 7.89. The van der Waals surface area contributed by atoms with Crippen LogP contribution in [0.2, 0.25) is 10.0 Å². The highest BCUT2D eigenvalue weighted by Gasteiger charge is 2.15. The number of amides is 1. The first-order valence-electron chi connectivity index (χ1n) is 6.34. The van der Waals surface area contributed by atoms with Crippen molar-refractivity contribution in [2.75, 3.05) is 7.05 Å². The Kier molecular flexibility index (Phi) is 5.31. The van der Waals surface area contributed by atoms with Gasteiger partial charge in [-0.15, -0.1) is 0 Å². The van der Waals surface area contributed by atoms with Crippen molar-refractivity contribution in [1.82, 2.24) is 4.90 Å². The summed E-state index contributed by atoms with van der Waals surface area (Å²) in [5, 5.41) is 1.00. The molecule has 0 unspecified atom stereocenters. The number of hydrogen-bond acceptors (Lipinski definition) is 1. The molecule has 0 saturated heterocycles. The topological polar surface area (TPSA) is 20.3 Å². The molecule has 0 heterocycles. The summed E-state index contributed by atoms with van der Waals surface area (Å²) in [7, 11) is 1.76. The summed E-state index contributed by atoms with van der Waals surface area (Å²) in [4.78, 5) is 14.2. The summed E-state index contributed by atoms with van der Waals surface area (Å²) in [6.07, 6.45) is 0. The van der Waals surface area contributed by atoms with Crippen LogP contribution in [0, 0.1) is 6.92 Å². The van der Waals surface area contributed by atoms with Crippen molar-refractivity contribution in [2.45, 2.75) is 13.5 Å². The van der Waals surface area contributed by atoms with Gasteiger partial charge in [0.15, 0.2) is 0 Å². The zero-order valence-electron chi connectivity index (χ0n) is 11.7. The summed E-state index contributed by atoms with van der Waals surface area (Å²) in [6, 6.07) is 11.1. The molecule has 0 atom stereocenters. The highest BCUT2D eigenvalue weighted by Crippen LogP contribution is 2.24. The quantitative estimate of drug-likeness (QED) is 0.697. The second-order valence-corrected chi connectivity index (χ2v) is 6.56. The summed E-state index contributed by atoms with van der Waals surface area (Å²) in [5.74, 6) is -0.0448. The minimum Gasteiger partial charge on any atom is -0.337 e. The molecule has 0 aliphatic heterocycles. The molecule has 2 aromatic carbocycles. The van der Waals surface area contributed by atoms with Gasteiger partial charge in [0.25, 0.3) is 5.91 Å². The predicted molar refractivity (Wildman–Crippen MR) is 91.1 cm³/mol. The predicted octanol–water partition coefficient (Wildman–Crippen LogP) is 5.34. The van der Waals surface area contributed by atoms with E-state index in [1.165, 1.54) is 0 Å². The van der Waals surface area contributed by atoms with Crippen LogP contribution in [0.3, 0.4) is 0 Å². The van der Waals surface area contributed by atoms with Gasteiger partial charge in [-0.1, -0.05) is 40.9 Å². The van der Waals surface area contributed by atoms with Crippen molar-refractivity contribution in [1.29, 1.82) is 0 Å². The van der Waals surface area contributed by atoms with Gasteiger partial charge in [0.1, 0.15) is 0 Å². The molecule has 0 bridgehead atoms. The van der Waals surface area contributed by atoms with Gasteiger partial charge in [0, 0.05) is 18.1 Å². The Balaban J connectivity index is 2.19. The Bertz CT molecular complexity index is 688. The number of rotatable bonds is 3. The van der Waals surface area contributed by atoms with Gasteiger partial charge in [-0.3, -0.25) is 4.79 Å². The Labute approximate surface area is 142 Å². The molecule has 0 saturated carbocycles. The van der Waals surface area contributed by atoms with E-state index >= 15 is 0 Å². The number of hydrogen-bond donors (Lipinski definition) is 0. The van der Waals surface area contributed by atoms with Gasteiger partial charge in [-0.2, -0.15) is 0 Å². The number of benzene rings is 2. The van der Waals surface area contributed by atoms with Crippen molar-refractivity contribution in [3.8, 4) is 0 Å². The third-order valence-electron chi connectivity index (χ3n) is 3.10. The molecule has 0 fully saturated rings. The van der Waals surface area contributed by atoms with Crippen LogP contribution in [0.25, 0.3) is 0 Å². The number of aryl methyl sites for hydroxylation is 1. The fraction of sp³-hybridized carbons (Fsp3) is 0.188. The van der Waals surface area contributed by atoms with Crippen LogP contribution in [0.1, 0.15) is 21.5 Å². The molecule has 0 aliphatic carbocycles. The van der Waals surface area contributed by atoms with Gasteiger partial charge < -0.3 is 4.90 Å². The summed E-state index contributed by atoms with van der Waals surface area (Å²) in [6.45, 7) is 2.43. The van der Waals surface area contributed by atoms with E-state index in [0.717, 1.165) is 15.6 Å². The molecule has 0 N–H and O–H groups in total. The van der Waals surface area contributed by atoms with E-state index < -0.39 is 0 Å². The van der Waals surface area contributed by atoms with Crippen molar-refractivity contribution in [2.24, 2.45) is 0 Å². The van der Waals surface area contributed by atoms with E-state index in [0.29, 0.717) is 22.2 Å². The number of halogens is 3. The fourth-order valence-corrected chi connectivity index (χ4v) is 2.73. The van der Waals surface area contributed by atoms with Crippen LogP contribution in [0.15, 0.2) is 40.9 Å². The smallest absolute Gasteiger partial charge is 0.255 e. The van der Waals surface area contributed by atoms with Crippen molar-refractivity contribution in [3.63, 3.8) is 0 Å². The largest absolute Gasteiger partial charge is 0.337 e. The SMILES string of the molecule is Cc1ccc(Br)c(C(=O)N(C)Cc2ccc(Cl)c(Cl)c2)c1. The molecule has 2 nitrogen and oxygen atoms in total. The third kappa shape index (κ3) is 4.00. The Morgan fingerprint density at radius 1 is 1.14 bits per heavy atom. The molecular weight excluding hydrogens is 373 g/mol. The lowest BCUT2D eigenvalue weighted by Gasteiger charge is -2.18. The molecule has 2 rings (SSSR count). The second-order valence-electron chi connectivity index (χ2n) is 4.89. The summed E-state index contributed by atoms with van der Waals surface area (Å²) >= 11 is 15.3. The zero-order valence-corrected chi connectivity index (χ0v) is 14.8. The highest BCUT2D eigenvalue weighted by atomic mass is 79.9. The van der Waals surface area contributed by atoms with E-state index in [1.54, 1.807) is 24.1 Å². The van der Waals surface area contributed by atoms with Crippen LogP contribution in [-0.4, -0.2) is 17.9 Å². The fourth-order valence-electron chi connectivity index (χ4n) is 1.99. The summed E-state index contributed by atoms with van der Waals surface area (Å²) in [5.41, 5.74) is 2.63. The highest BCUT2D eigenvalue weighted by molar-refractivity contribution is 9.10. The van der Waals surface area contributed by atoms with Crippen molar-refractivity contribution in [3.05, 3.63) is 67.6 Å². The third-order valence-corrected chi connectivity index (χ3v) is 4.53. The van der Waals surface area contributed by atoms with Gasteiger partial charge in [0.05, 0.1) is 15.6 Å². The molecule has 110 valence electrons. The minimum atomic E-state index is -0.0448.